The third-order valence-electron chi connectivity index (χ3n) is 4.55. The standard InChI is InChI=1S/C24H34O5Si3/c1-15-13-16-20(19(14-15)29-32(8,9)10)24(26)22-18(28-31(5,6)7)12-11-17(21(22)23(16)25)27-30(2,3)4/h11-14H,1-10H3. The number of carbonyl (C=O) groups excluding carboxylic acids is 2. The Morgan fingerprint density at radius 2 is 0.969 bits per heavy atom. The average Bonchev–Trinajstić information content (AvgIpc) is 2.56. The fourth-order valence-electron chi connectivity index (χ4n) is 3.68. The Morgan fingerprint density at radius 1 is 0.562 bits per heavy atom. The van der Waals surface area contributed by atoms with Gasteiger partial charge in [0.15, 0.2) is 5.78 Å². The number of ketones is 2. The molecule has 0 amide bonds. The van der Waals surface area contributed by atoms with Crippen molar-refractivity contribution in [2.45, 2.75) is 65.8 Å². The molecule has 2 aromatic rings. The molecule has 5 nitrogen and oxygen atoms in total. The lowest BCUT2D eigenvalue weighted by Crippen LogP contribution is -2.35. The highest BCUT2D eigenvalue weighted by Crippen LogP contribution is 2.43. The minimum atomic E-state index is -2.05. The molecule has 2 aromatic carbocycles. The van der Waals surface area contributed by atoms with Gasteiger partial charge < -0.3 is 13.3 Å². The molecule has 0 N–H and O–H groups in total. The van der Waals surface area contributed by atoms with Gasteiger partial charge in [0.25, 0.3) is 0 Å². The van der Waals surface area contributed by atoms with Gasteiger partial charge in [0.2, 0.25) is 30.7 Å². The maximum absolute atomic E-state index is 14.0. The lowest BCUT2D eigenvalue weighted by molar-refractivity contribution is 0.0974. The van der Waals surface area contributed by atoms with Gasteiger partial charge in [-0.25, -0.2) is 0 Å². The van der Waals surface area contributed by atoms with Gasteiger partial charge >= 0.3 is 0 Å². The van der Waals surface area contributed by atoms with Crippen molar-refractivity contribution >= 4 is 36.5 Å². The Balaban J connectivity index is 2.33. The summed E-state index contributed by atoms with van der Waals surface area (Å²) in [5.41, 5.74) is 2.20. The van der Waals surface area contributed by atoms with Crippen molar-refractivity contribution in [3.8, 4) is 17.2 Å². The molecule has 8 heteroatoms. The van der Waals surface area contributed by atoms with E-state index < -0.39 is 25.0 Å². The lowest BCUT2D eigenvalue weighted by Gasteiger charge is -2.30. The molecule has 0 saturated carbocycles. The molecule has 0 aromatic heterocycles. The van der Waals surface area contributed by atoms with E-state index in [4.69, 9.17) is 13.3 Å². The first-order chi connectivity index (χ1) is 14.5. The first-order valence-corrected chi connectivity index (χ1v) is 21.2. The molecule has 172 valence electrons. The van der Waals surface area contributed by atoms with Gasteiger partial charge in [-0.3, -0.25) is 9.59 Å². The number of fused-ring (bicyclic) bond motifs is 2. The molecule has 0 bridgehead atoms. The third-order valence-corrected chi connectivity index (χ3v) is 7.05. The second kappa shape index (κ2) is 8.00. The smallest absolute Gasteiger partial charge is 0.242 e. The van der Waals surface area contributed by atoms with E-state index in [0.717, 1.165) is 5.56 Å². The number of aryl methyl sites for hydroxylation is 1. The van der Waals surface area contributed by atoms with E-state index in [1.807, 2.05) is 13.0 Å². The van der Waals surface area contributed by atoms with Crippen LogP contribution in [-0.2, 0) is 0 Å². The van der Waals surface area contributed by atoms with Gasteiger partial charge in [-0.05, 0) is 95.7 Å². The number of hydrogen-bond acceptors (Lipinski definition) is 5. The van der Waals surface area contributed by atoms with Crippen LogP contribution in [0.15, 0.2) is 24.3 Å². The monoisotopic (exact) mass is 486 g/mol. The molecular formula is C24H34O5Si3. The van der Waals surface area contributed by atoms with E-state index in [9.17, 15) is 9.59 Å². The van der Waals surface area contributed by atoms with Gasteiger partial charge in [-0.1, -0.05) is 0 Å². The summed E-state index contributed by atoms with van der Waals surface area (Å²) < 4.78 is 18.8. The molecule has 0 heterocycles. The Hall–Kier alpha value is -2.17. The van der Waals surface area contributed by atoms with Crippen molar-refractivity contribution in [3.05, 3.63) is 52.1 Å². The largest absolute Gasteiger partial charge is 0.544 e. The minimum absolute atomic E-state index is 0.215. The van der Waals surface area contributed by atoms with Gasteiger partial charge in [-0.15, -0.1) is 0 Å². The van der Waals surface area contributed by atoms with Crippen LogP contribution in [0.5, 0.6) is 17.2 Å². The lowest BCUT2D eigenvalue weighted by atomic mass is 9.82. The van der Waals surface area contributed by atoms with E-state index in [0.29, 0.717) is 39.5 Å². The van der Waals surface area contributed by atoms with Crippen molar-refractivity contribution < 1.29 is 22.9 Å². The molecule has 0 fully saturated rings. The predicted molar refractivity (Wildman–Crippen MR) is 136 cm³/mol. The van der Waals surface area contributed by atoms with E-state index in [-0.39, 0.29) is 11.6 Å². The summed E-state index contributed by atoms with van der Waals surface area (Å²) >= 11 is 0. The summed E-state index contributed by atoms with van der Waals surface area (Å²) in [6, 6.07) is 7.18. The maximum Gasteiger partial charge on any atom is 0.242 e. The summed E-state index contributed by atoms with van der Waals surface area (Å²) in [5, 5.41) is 0. The van der Waals surface area contributed by atoms with Crippen molar-refractivity contribution in [2.75, 3.05) is 0 Å². The Kier molecular flexibility index (Phi) is 6.12. The van der Waals surface area contributed by atoms with Crippen LogP contribution in [0.3, 0.4) is 0 Å². The number of carbonyl (C=O) groups is 2. The quantitative estimate of drug-likeness (QED) is 0.377. The molecule has 0 radical (unpaired) electrons. The Morgan fingerprint density at radius 3 is 1.41 bits per heavy atom. The highest BCUT2D eigenvalue weighted by molar-refractivity contribution is 6.71. The normalized spacial score (nSPS) is 14.1. The maximum atomic E-state index is 14.0. The Bertz CT molecular complexity index is 1100. The van der Waals surface area contributed by atoms with Crippen LogP contribution >= 0.6 is 0 Å². The number of hydrogen-bond donors (Lipinski definition) is 0. The zero-order chi connectivity index (χ0) is 24.2. The molecule has 0 spiro atoms. The Labute approximate surface area is 194 Å². The van der Waals surface area contributed by atoms with Gasteiger partial charge in [-0.2, -0.15) is 0 Å². The fraction of sp³-hybridized carbons (Fsp3) is 0.417. The second-order valence-corrected chi connectivity index (χ2v) is 24.6. The number of rotatable bonds is 6. The van der Waals surface area contributed by atoms with Crippen molar-refractivity contribution in [1.82, 2.24) is 0 Å². The van der Waals surface area contributed by atoms with Crippen LogP contribution in [0.4, 0.5) is 0 Å². The van der Waals surface area contributed by atoms with E-state index >= 15 is 0 Å². The summed E-state index contributed by atoms with van der Waals surface area (Å²) in [6.45, 7) is 20.4. The molecule has 0 unspecified atom stereocenters. The zero-order valence-electron chi connectivity index (χ0n) is 20.9. The molecule has 32 heavy (non-hydrogen) atoms. The topological polar surface area (TPSA) is 61.8 Å². The molecular weight excluding hydrogens is 453 g/mol. The summed E-state index contributed by atoms with van der Waals surface area (Å²) in [7, 11) is -6.10. The van der Waals surface area contributed by atoms with Gasteiger partial charge in [0, 0.05) is 5.56 Å². The summed E-state index contributed by atoms with van der Waals surface area (Å²) in [5.74, 6) is 0.939. The van der Waals surface area contributed by atoms with Crippen LogP contribution in [0.2, 0.25) is 58.9 Å². The zero-order valence-corrected chi connectivity index (χ0v) is 23.9. The molecule has 1 aliphatic rings. The van der Waals surface area contributed by atoms with Crippen molar-refractivity contribution in [1.29, 1.82) is 0 Å². The molecule has 3 rings (SSSR count). The van der Waals surface area contributed by atoms with Crippen LogP contribution in [0, 0.1) is 6.92 Å². The predicted octanol–water partition coefficient (Wildman–Crippen LogP) is 6.41. The first-order valence-electron chi connectivity index (χ1n) is 10.9. The van der Waals surface area contributed by atoms with E-state index in [2.05, 4.69) is 58.9 Å². The molecule has 0 atom stereocenters. The first kappa shape index (κ1) is 24.5. The van der Waals surface area contributed by atoms with Crippen LogP contribution < -0.4 is 13.3 Å². The highest BCUT2D eigenvalue weighted by atomic mass is 28.4. The highest BCUT2D eigenvalue weighted by Gasteiger charge is 2.39. The van der Waals surface area contributed by atoms with Crippen LogP contribution in [0.1, 0.15) is 37.4 Å². The van der Waals surface area contributed by atoms with E-state index in [1.165, 1.54) is 0 Å². The SMILES string of the molecule is Cc1cc(O[Si](C)(C)C)c2c(c1)C(=O)c1c(O[Si](C)(C)C)ccc(O[Si](C)(C)C)c1C2=O. The number of benzene rings is 2. The average molecular weight is 487 g/mol. The summed E-state index contributed by atoms with van der Waals surface area (Å²) in [6.07, 6.45) is 0. The minimum Gasteiger partial charge on any atom is -0.544 e. The second-order valence-electron chi connectivity index (χ2n) is 11.3. The fourth-order valence-corrected chi connectivity index (χ4v) is 6.16. The third kappa shape index (κ3) is 5.24. The van der Waals surface area contributed by atoms with Crippen molar-refractivity contribution in [3.63, 3.8) is 0 Å². The molecule has 0 aliphatic heterocycles. The van der Waals surface area contributed by atoms with Crippen molar-refractivity contribution in [2.24, 2.45) is 0 Å². The van der Waals surface area contributed by atoms with Gasteiger partial charge in [0.1, 0.15) is 17.2 Å². The van der Waals surface area contributed by atoms with E-state index in [1.54, 1.807) is 18.2 Å². The molecule has 0 saturated heterocycles. The van der Waals surface area contributed by atoms with Crippen LogP contribution in [0.25, 0.3) is 0 Å². The summed E-state index contributed by atoms with van der Waals surface area (Å²) in [4.78, 5) is 27.8. The van der Waals surface area contributed by atoms with Crippen LogP contribution in [-0.4, -0.2) is 36.5 Å². The van der Waals surface area contributed by atoms with Gasteiger partial charge in [0.05, 0.1) is 16.7 Å². The molecule has 1 aliphatic carbocycles.